The number of amides is 2. The first-order valence-electron chi connectivity index (χ1n) is 6.92. The molecule has 0 unspecified atom stereocenters. The topological polar surface area (TPSA) is 87.7 Å². The van der Waals surface area contributed by atoms with Crippen LogP contribution < -0.4 is 10.6 Å². The number of anilines is 1. The molecule has 6 heteroatoms. The van der Waals surface area contributed by atoms with Crippen LogP contribution in [0.4, 0.5) is 10.5 Å². The number of urea groups is 1. The molecule has 2 amide bonds. The summed E-state index contributed by atoms with van der Waals surface area (Å²) in [5.74, 6) is -0.839. The van der Waals surface area contributed by atoms with E-state index in [1.807, 2.05) is 18.2 Å². The maximum Gasteiger partial charge on any atom is 0.319 e. The quantitative estimate of drug-likeness (QED) is 0.750. The molecule has 1 saturated carbocycles. The van der Waals surface area contributed by atoms with Crippen molar-refractivity contribution >= 4 is 17.7 Å². The van der Waals surface area contributed by atoms with Gasteiger partial charge in [-0.15, -0.1) is 0 Å². The van der Waals surface area contributed by atoms with E-state index in [1.165, 1.54) is 0 Å². The molecule has 1 aliphatic rings. The molecule has 1 aliphatic carbocycles. The van der Waals surface area contributed by atoms with E-state index < -0.39 is 17.4 Å². The van der Waals surface area contributed by atoms with Gasteiger partial charge < -0.3 is 20.5 Å². The van der Waals surface area contributed by atoms with Gasteiger partial charge in [0.1, 0.15) is 0 Å². The number of ether oxygens (including phenoxy) is 1. The van der Waals surface area contributed by atoms with Gasteiger partial charge in [0.25, 0.3) is 0 Å². The van der Waals surface area contributed by atoms with Gasteiger partial charge in [-0.3, -0.25) is 4.79 Å². The summed E-state index contributed by atoms with van der Waals surface area (Å²) in [5, 5.41) is 14.6. The standard InChI is InChI=1S/C15H20N2O4/c1-21-9-11-5-2-3-6-12(11)17-14(20)16-10-15(13(18)19)7-4-8-15/h2-3,5-6H,4,7-10H2,1H3,(H,18,19)(H2,16,17,20). The summed E-state index contributed by atoms with van der Waals surface area (Å²) in [6, 6.07) is 6.93. The third-order valence-electron chi connectivity index (χ3n) is 3.92. The zero-order chi connectivity index (χ0) is 15.3. The number of hydrogen-bond donors (Lipinski definition) is 3. The summed E-state index contributed by atoms with van der Waals surface area (Å²) < 4.78 is 5.07. The minimum atomic E-state index is -0.839. The molecule has 0 radical (unpaired) electrons. The van der Waals surface area contributed by atoms with Gasteiger partial charge in [0.2, 0.25) is 0 Å². The maximum atomic E-state index is 11.9. The zero-order valence-corrected chi connectivity index (χ0v) is 12.0. The molecule has 6 nitrogen and oxygen atoms in total. The van der Waals surface area contributed by atoms with Gasteiger partial charge in [-0.05, 0) is 18.9 Å². The molecule has 2 rings (SSSR count). The predicted octanol–water partition coefficient (Wildman–Crippen LogP) is 2.21. The second kappa shape index (κ2) is 6.58. The molecule has 0 aliphatic heterocycles. The number of nitrogens with one attached hydrogen (secondary N) is 2. The van der Waals surface area contributed by atoms with E-state index in [4.69, 9.17) is 4.74 Å². The molecule has 0 heterocycles. The first kappa shape index (κ1) is 15.3. The highest BCUT2D eigenvalue weighted by molar-refractivity contribution is 5.90. The Morgan fingerprint density at radius 2 is 2.05 bits per heavy atom. The van der Waals surface area contributed by atoms with Crippen molar-refractivity contribution < 1.29 is 19.4 Å². The summed E-state index contributed by atoms with van der Waals surface area (Å²) in [6.07, 6.45) is 2.12. The average molecular weight is 292 g/mol. The van der Waals surface area contributed by atoms with Crippen molar-refractivity contribution in [2.75, 3.05) is 19.0 Å². The largest absolute Gasteiger partial charge is 0.481 e. The van der Waals surface area contributed by atoms with Crippen LogP contribution in [0.25, 0.3) is 0 Å². The monoisotopic (exact) mass is 292 g/mol. The van der Waals surface area contributed by atoms with Crippen molar-refractivity contribution in [2.45, 2.75) is 25.9 Å². The lowest BCUT2D eigenvalue weighted by Crippen LogP contribution is -2.48. The maximum absolute atomic E-state index is 11.9. The van der Waals surface area contributed by atoms with Crippen molar-refractivity contribution in [1.82, 2.24) is 5.32 Å². The molecule has 114 valence electrons. The Morgan fingerprint density at radius 1 is 1.33 bits per heavy atom. The van der Waals surface area contributed by atoms with E-state index >= 15 is 0 Å². The number of carbonyl (C=O) groups is 2. The van der Waals surface area contributed by atoms with E-state index in [-0.39, 0.29) is 6.54 Å². The van der Waals surface area contributed by atoms with Gasteiger partial charge in [0.15, 0.2) is 0 Å². The number of hydrogen-bond acceptors (Lipinski definition) is 3. The molecule has 0 spiro atoms. The lowest BCUT2D eigenvalue weighted by atomic mass is 9.69. The predicted molar refractivity (Wildman–Crippen MR) is 78.1 cm³/mol. The Labute approximate surface area is 123 Å². The Balaban J connectivity index is 1.92. The van der Waals surface area contributed by atoms with Crippen LogP contribution in [0.2, 0.25) is 0 Å². The lowest BCUT2D eigenvalue weighted by Gasteiger charge is -2.37. The van der Waals surface area contributed by atoms with Crippen molar-refractivity contribution in [3.05, 3.63) is 29.8 Å². The average Bonchev–Trinajstić information content (AvgIpc) is 2.39. The zero-order valence-electron chi connectivity index (χ0n) is 12.0. The van der Waals surface area contributed by atoms with Crippen LogP contribution in [0.15, 0.2) is 24.3 Å². The van der Waals surface area contributed by atoms with Gasteiger partial charge in [0, 0.05) is 24.9 Å². The van der Waals surface area contributed by atoms with Gasteiger partial charge in [-0.2, -0.15) is 0 Å². The van der Waals surface area contributed by atoms with E-state index in [2.05, 4.69) is 10.6 Å². The minimum Gasteiger partial charge on any atom is -0.481 e. The molecule has 1 fully saturated rings. The number of carboxylic acids is 1. The fourth-order valence-corrected chi connectivity index (χ4v) is 2.41. The molecule has 0 saturated heterocycles. The van der Waals surface area contributed by atoms with Crippen molar-refractivity contribution in [3.8, 4) is 0 Å². The van der Waals surface area contributed by atoms with E-state index in [9.17, 15) is 14.7 Å². The lowest BCUT2D eigenvalue weighted by molar-refractivity contribution is -0.153. The Hall–Kier alpha value is -2.08. The van der Waals surface area contributed by atoms with E-state index in [0.29, 0.717) is 25.1 Å². The molecule has 0 bridgehead atoms. The first-order chi connectivity index (χ1) is 10.1. The number of para-hydroxylation sites is 1. The highest BCUT2D eigenvalue weighted by Gasteiger charge is 2.44. The van der Waals surface area contributed by atoms with Crippen LogP contribution in [0.3, 0.4) is 0 Å². The molecular weight excluding hydrogens is 272 g/mol. The first-order valence-corrected chi connectivity index (χ1v) is 6.92. The molecule has 0 atom stereocenters. The molecule has 21 heavy (non-hydrogen) atoms. The number of rotatable bonds is 6. The van der Waals surface area contributed by atoms with Crippen LogP contribution >= 0.6 is 0 Å². The molecular formula is C15H20N2O4. The van der Waals surface area contributed by atoms with Gasteiger partial charge in [-0.1, -0.05) is 24.6 Å². The van der Waals surface area contributed by atoms with E-state index in [1.54, 1.807) is 13.2 Å². The fourth-order valence-electron chi connectivity index (χ4n) is 2.41. The number of benzene rings is 1. The van der Waals surface area contributed by atoms with Gasteiger partial charge in [0.05, 0.1) is 12.0 Å². The third kappa shape index (κ3) is 3.52. The summed E-state index contributed by atoms with van der Waals surface area (Å²) in [7, 11) is 1.59. The molecule has 0 aromatic heterocycles. The summed E-state index contributed by atoms with van der Waals surface area (Å²) >= 11 is 0. The van der Waals surface area contributed by atoms with E-state index in [0.717, 1.165) is 12.0 Å². The summed E-state index contributed by atoms with van der Waals surface area (Å²) in [5.41, 5.74) is 0.741. The molecule has 3 N–H and O–H groups in total. The number of aliphatic carboxylic acids is 1. The Kier molecular flexibility index (Phi) is 4.80. The second-order valence-corrected chi connectivity index (χ2v) is 5.34. The van der Waals surface area contributed by atoms with Crippen LogP contribution in [0, 0.1) is 5.41 Å². The highest BCUT2D eigenvalue weighted by atomic mass is 16.5. The van der Waals surface area contributed by atoms with Crippen LogP contribution in [0.1, 0.15) is 24.8 Å². The number of carboxylic acid groups (broad SMARTS) is 1. The highest BCUT2D eigenvalue weighted by Crippen LogP contribution is 2.40. The minimum absolute atomic E-state index is 0.153. The summed E-state index contributed by atoms with van der Waals surface area (Å²) in [4.78, 5) is 23.1. The van der Waals surface area contributed by atoms with Crippen molar-refractivity contribution in [3.63, 3.8) is 0 Å². The second-order valence-electron chi connectivity index (χ2n) is 5.34. The smallest absolute Gasteiger partial charge is 0.319 e. The Morgan fingerprint density at radius 3 is 2.62 bits per heavy atom. The van der Waals surface area contributed by atoms with Crippen LogP contribution in [-0.4, -0.2) is 30.8 Å². The normalized spacial score (nSPS) is 15.9. The molecule has 1 aromatic rings. The fraction of sp³-hybridized carbons (Fsp3) is 0.467. The van der Waals surface area contributed by atoms with Gasteiger partial charge in [-0.25, -0.2) is 4.79 Å². The third-order valence-corrected chi connectivity index (χ3v) is 3.92. The van der Waals surface area contributed by atoms with Gasteiger partial charge >= 0.3 is 12.0 Å². The Bertz CT molecular complexity index is 526. The number of carbonyl (C=O) groups excluding carboxylic acids is 1. The summed E-state index contributed by atoms with van der Waals surface area (Å²) in [6.45, 7) is 0.552. The van der Waals surface area contributed by atoms with Crippen LogP contribution in [-0.2, 0) is 16.1 Å². The SMILES string of the molecule is COCc1ccccc1NC(=O)NCC1(C(=O)O)CCC1. The van der Waals surface area contributed by atoms with Crippen molar-refractivity contribution in [1.29, 1.82) is 0 Å². The van der Waals surface area contributed by atoms with Crippen LogP contribution in [0.5, 0.6) is 0 Å². The number of methoxy groups -OCH3 is 1. The van der Waals surface area contributed by atoms with Crippen molar-refractivity contribution in [2.24, 2.45) is 5.41 Å². The molecule has 1 aromatic carbocycles.